The van der Waals surface area contributed by atoms with Gasteiger partial charge in [-0.1, -0.05) is 42.5 Å². The van der Waals surface area contributed by atoms with E-state index in [9.17, 15) is 0 Å². The molecule has 0 aliphatic carbocycles. The maximum Gasteiger partial charge on any atom is 0.0271 e. The zero-order chi connectivity index (χ0) is 11.8. The summed E-state index contributed by atoms with van der Waals surface area (Å²) in [6.45, 7) is 1.75. The van der Waals surface area contributed by atoms with E-state index in [1.54, 1.807) is 0 Å². The SMILES string of the molecule is C(=Cc1ccccc1)CNCc1ccncc1. The van der Waals surface area contributed by atoms with Crippen LogP contribution in [-0.2, 0) is 6.54 Å². The molecule has 0 bridgehead atoms. The van der Waals surface area contributed by atoms with E-state index in [0.717, 1.165) is 13.1 Å². The van der Waals surface area contributed by atoms with Crippen LogP contribution in [0.4, 0.5) is 0 Å². The molecule has 0 aliphatic rings. The van der Waals surface area contributed by atoms with E-state index in [0.29, 0.717) is 0 Å². The predicted octanol–water partition coefficient (Wildman–Crippen LogP) is 2.88. The van der Waals surface area contributed by atoms with Crippen LogP contribution in [-0.4, -0.2) is 11.5 Å². The Balaban J connectivity index is 1.72. The predicted molar refractivity (Wildman–Crippen MR) is 71.4 cm³/mol. The number of hydrogen-bond acceptors (Lipinski definition) is 2. The van der Waals surface area contributed by atoms with Crippen LogP contribution in [0, 0.1) is 0 Å². The monoisotopic (exact) mass is 224 g/mol. The highest BCUT2D eigenvalue weighted by molar-refractivity contribution is 5.48. The number of hydrogen-bond donors (Lipinski definition) is 1. The van der Waals surface area contributed by atoms with Crippen LogP contribution in [0.5, 0.6) is 0 Å². The summed E-state index contributed by atoms with van der Waals surface area (Å²) in [5, 5.41) is 3.36. The van der Waals surface area contributed by atoms with Gasteiger partial charge in [0, 0.05) is 25.5 Å². The highest BCUT2D eigenvalue weighted by atomic mass is 14.8. The number of nitrogens with zero attached hydrogens (tertiary/aromatic N) is 1. The molecule has 1 N–H and O–H groups in total. The normalized spacial score (nSPS) is 10.8. The summed E-state index contributed by atoms with van der Waals surface area (Å²) >= 11 is 0. The molecule has 1 heterocycles. The maximum atomic E-state index is 3.99. The van der Waals surface area contributed by atoms with Gasteiger partial charge in [-0.05, 0) is 23.3 Å². The molecule has 1 aromatic heterocycles. The Morgan fingerprint density at radius 3 is 2.53 bits per heavy atom. The van der Waals surface area contributed by atoms with Crippen LogP contribution in [0.1, 0.15) is 11.1 Å². The molecule has 2 aromatic rings. The first-order valence-corrected chi connectivity index (χ1v) is 5.76. The average Bonchev–Trinajstić information content (AvgIpc) is 2.41. The first kappa shape index (κ1) is 11.6. The molecule has 0 radical (unpaired) electrons. The molecule has 0 amide bonds. The summed E-state index contributed by atoms with van der Waals surface area (Å²) < 4.78 is 0. The van der Waals surface area contributed by atoms with Gasteiger partial charge in [-0.2, -0.15) is 0 Å². The number of nitrogens with one attached hydrogen (secondary N) is 1. The van der Waals surface area contributed by atoms with Crippen LogP contribution < -0.4 is 5.32 Å². The Bertz CT molecular complexity index is 449. The van der Waals surface area contributed by atoms with Gasteiger partial charge in [-0.25, -0.2) is 0 Å². The molecule has 1 aromatic carbocycles. The maximum absolute atomic E-state index is 3.99. The van der Waals surface area contributed by atoms with E-state index in [2.05, 4.69) is 34.6 Å². The molecule has 0 aliphatic heterocycles. The summed E-state index contributed by atoms with van der Waals surface area (Å²) in [7, 11) is 0. The number of rotatable bonds is 5. The third-order valence-electron chi connectivity index (χ3n) is 2.45. The first-order chi connectivity index (χ1) is 8.45. The second-order valence-electron chi connectivity index (χ2n) is 3.80. The molecule has 2 nitrogen and oxygen atoms in total. The van der Waals surface area contributed by atoms with Crippen molar-refractivity contribution >= 4 is 6.08 Å². The largest absolute Gasteiger partial charge is 0.309 e. The van der Waals surface area contributed by atoms with E-state index in [1.165, 1.54) is 11.1 Å². The summed E-state index contributed by atoms with van der Waals surface area (Å²) in [5.41, 5.74) is 2.49. The van der Waals surface area contributed by atoms with Crippen molar-refractivity contribution in [3.63, 3.8) is 0 Å². The Morgan fingerprint density at radius 2 is 1.76 bits per heavy atom. The lowest BCUT2D eigenvalue weighted by Crippen LogP contribution is -2.12. The van der Waals surface area contributed by atoms with Crippen LogP contribution >= 0.6 is 0 Å². The van der Waals surface area contributed by atoms with Crippen molar-refractivity contribution in [2.75, 3.05) is 6.54 Å². The summed E-state index contributed by atoms with van der Waals surface area (Å²) in [5.74, 6) is 0. The summed E-state index contributed by atoms with van der Waals surface area (Å²) in [6.07, 6.45) is 7.89. The van der Waals surface area contributed by atoms with E-state index >= 15 is 0 Å². The second kappa shape index (κ2) is 6.61. The molecule has 0 fully saturated rings. The molecule has 17 heavy (non-hydrogen) atoms. The number of benzene rings is 1. The van der Waals surface area contributed by atoms with Gasteiger partial charge < -0.3 is 5.32 Å². The van der Waals surface area contributed by atoms with Crippen molar-refractivity contribution in [3.05, 3.63) is 72.1 Å². The minimum Gasteiger partial charge on any atom is -0.309 e. The topological polar surface area (TPSA) is 24.9 Å². The van der Waals surface area contributed by atoms with Gasteiger partial charge >= 0.3 is 0 Å². The van der Waals surface area contributed by atoms with Crippen LogP contribution in [0.15, 0.2) is 60.9 Å². The third kappa shape index (κ3) is 4.21. The first-order valence-electron chi connectivity index (χ1n) is 5.76. The smallest absolute Gasteiger partial charge is 0.0271 e. The zero-order valence-electron chi connectivity index (χ0n) is 9.71. The lowest BCUT2D eigenvalue weighted by atomic mass is 10.2. The van der Waals surface area contributed by atoms with Crippen molar-refractivity contribution in [1.29, 1.82) is 0 Å². The van der Waals surface area contributed by atoms with Crippen LogP contribution in [0.2, 0.25) is 0 Å². The van der Waals surface area contributed by atoms with Gasteiger partial charge in [0.15, 0.2) is 0 Å². The minimum atomic E-state index is 0.872. The molecule has 86 valence electrons. The molecular formula is C15H16N2. The van der Waals surface area contributed by atoms with Crippen molar-refractivity contribution in [2.45, 2.75) is 6.54 Å². The fourth-order valence-electron chi connectivity index (χ4n) is 1.56. The molecule has 0 spiro atoms. The Hall–Kier alpha value is -1.93. The van der Waals surface area contributed by atoms with E-state index < -0.39 is 0 Å². The van der Waals surface area contributed by atoms with Gasteiger partial charge in [-0.15, -0.1) is 0 Å². The average molecular weight is 224 g/mol. The minimum absolute atomic E-state index is 0.872. The second-order valence-corrected chi connectivity index (χ2v) is 3.80. The zero-order valence-corrected chi connectivity index (χ0v) is 9.71. The van der Waals surface area contributed by atoms with Crippen molar-refractivity contribution in [2.24, 2.45) is 0 Å². The van der Waals surface area contributed by atoms with Crippen molar-refractivity contribution in [1.82, 2.24) is 10.3 Å². The van der Waals surface area contributed by atoms with E-state index in [4.69, 9.17) is 0 Å². The third-order valence-corrected chi connectivity index (χ3v) is 2.45. The van der Waals surface area contributed by atoms with Gasteiger partial charge in [0.25, 0.3) is 0 Å². The lowest BCUT2D eigenvalue weighted by molar-refractivity contribution is 0.760. The highest BCUT2D eigenvalue weighted by Crippen LogP contribution is 2.00. The fourth-order valence-corrected chi connectivity index (χ4v) is 1.56. The molecule has 0 unspecified atom stereocenters. The van der Waals surface area contributed by atoms with Gasteiger partial charge in [0.05, 0.1) is 0 Å². The van der Waals surface area contributed by atoms with Gasteiger partial charge in [-0.3, -0.25) is 4.98 Å². The van der Waals surface area contributed by atoms with Crippen LogP contribution in [0.25, 0.3) is 6.08 Å². The fraction of sp³-hybridized carbons (Fsp3) is 0.133. The molecular weight excluding hydrogens is 208 g/mol. The Morgan fingerprint density at radius 1 is 1.00 bits per heavy atom. The molecule has 0 atom stereocenters. The number of pyridine rings is 1. The molecule has 2 heteroatoms. The van der Waals surface area contributed by atoms with Gasteiger partial charge in [0.2, 0.25) is 0 Å². The summed E-state index contributed by atoms with van der Waals surface area (Å²) in [6, 6.07) is 14.4. The summed E-state index contributed by atoms with van der Waals surface area (Å²) in [4.78, 5) is 3.99. The van der Waals surface area contributed by atoms with E-state index in [1.807, 2.05) is 42.7 Å². The van der Waals surface area contributed by atoms with Gasteiger partial charge in [0.1, 0.15) is 0 Å². The van der Waals surface area contributed by atoms with E-state index in [-0.39, 0.29) is 0 Å². The number of aromatic nitrogens is 1. The molecule has 2 rings (SSSR count). The Labute approximate surface area is 102 Å². The Kier molecular flexibility index (Phi) is 4.49. The molecule has 0 saturated heterocycles. The van der Waals surface area contributed by atoms with Crippen molar-refractivity contribution in [3.8, 4) is 0 Å². The lowest BCUT2D eigenvalue weighted by Gasteiger charge is -2.00. The standard InChI is InChI=1S/C15H16N2/c1-2-5-14(6-3-1)7-4-10-17-13-15-8-11-16-12-9-15/h1-9,11-12,17H,10,13H2. The van der Waals surface area contributed by atoms with Crippen LogP contribution in [0.3, 0.4) is 0 Å². The quantitative estimate of drug-likeness (QED) is 0.790. The molecule has 0 saturated carbocycles. The highest BCUT2D eigenvalue weighted by Gasteiger charge is 1.88. The van der Waals surface area contributed by atoms with Crippen molar-refractivity contribution < 1.29 is 0 Å².